The van der Waals surface area contributed by atoms with Gasteiger partial charge in [0, 0.05) is 12.7 Å². The van der Waals surface area contributed by atoms with Crippen LogP contribution in [0.1, 0.15) is 31.9 Å². The van der Waals surface area contributed by atoms with E-state index in [1.807, 2.05) is 19.1 Å². The van der Waals surface area contributed by atoms with E-state index in [-0.39, 0.29) is 17.9 Å². The summed E-state index contributed by atoms with van der Waals surface area (Å²) in [6.07, 6.45) is 0. The molecule has 1 aromatic carbocycles. The number of amides is 1. The average molecular weight is 264 g/mol. The number of carbonyl (C=O) groups is 1. The van der Waals surface area contributed by atoms with Crippen molar-refractivity contribution < 1.29 is 9.90 Å². The van der Waals surface area contributed by atoms with E-state index in [4.69, 9.17) is 10.8 Å². The van der Waals surface area contributed by atoms with Gasteiger partial charge in [0.05, 0.1) is 6.61 Å². The Bertz CT molecular complexity index is 464. The van der Waals surface area contributed by atoms with Crippen molar-refractivity contribution in [3.05, 3.63) is 29.3 Å². The Morgan fingerprint density at radius 1 is 1.42 bits per heavy atom. The van der Waals surface area contributed by atoms with E-state index in [1.54, 1.807) is 7.05 Å². The number of rotatable bonds is 3. The number of carbonyl (C=O) groups excluding carboxylic acids is 1. The van der Waals surface area contributed by atoms with Gasteiger partial charge in [0.1, 0.15) is 6.04 Å². The molecule has 106 valence electrons. The largest absolute Gasteiger partial charge is 0.394 e. The molecule has 1 rings (SSSR count). The fraction of sp³-hybridized carbons (Fsp3) is 0.533. The standard InChI is InChI=1S/C15H24N2O2/c1-10-6-7-11(15(2,3)4)8-13(10)17(5)14(19)12(16)9-18/h6-8,12,18H,9,16H2,1-5H3. The molecule has 3 N–H and O–H groups in total. The first kappa shape index (κ1) is 15.7. The Balaban J connectivity index is 3.16. The first-order valence-electron chi connectivity index (χ1n) is 6.43. The summed E-state index contributed by atoms with van der Waals surface area (Å²) >= 11 is 0. The third-order valence-electron chi connectivity index (χ3n) is 3.28. The third kappa shape index (κ3) is 3.55. The quantitative estimate of drug-likeness (QED) is 0.871. The Hall–Kier alpha value is -1.39. The smallest absolute Gasteiger partial charge is 0.246 e. The van der Waals surface area contributed by atoms with Gasteiger partial charge in [0.15, 0.2) is 0 Å². The van der Waals surface area contributed by atoms with Crippen LogP contribution in [0.5, 0.6) is 0 Å². The maximum Gasteiger partial charge on any atom is 0.246 e. The summed E-state index contributed by atoms with van der Waals surface area (Å²) in [4.78, 5) is 13.5. The number of anilines is 1. The predicted octanol–water partition coefficient (Wildman–Crippen LogP) is 1.57. The van der Waals surface area contributed by atoms with Crippen molar-refractivity contribution in [2.75, 3.05) is 18.6 Å². The minimum Gasteiger partial charge on any atom is -0.394 e. The highest BCUT2D eigenvalue weighted by Gasteiger charge is 2.21. The maximum absolute atomic E-state index is 12.0. The highest BCUT2D eigenvalue weighted by Crippen LogP contribution is 2.28. The molecule has 0 heterocycles. The third-order valence-corrected chi connectivity index (χ3v) is 3.28. The summed E-state index contributed by atoms with van der Waals surface area (Å²) in [6, 6.07) is 5.22. The number of hydrogen-bond donors (Lipinski definition) is 2. The molecule has 1 amide bonds. The molecular formula is C15H24N2O2. The Morgan fingerprint density at radius 2 is 2.00 bits per heavy atom. The number of aliphatic hydroxyl groups is 1. The number of aliphatic hydroxyl groups excluding tert-OH is 1. The van der Waals surface area contributed by atoms with Crippen molar-refractivity contribution in [1.82, 2.24) is 0 Å². The number of nitrogens with zero attached hydrogens (tertiary/aromatic N) is 1. The van der Waals surface area contributed by atoms with E-state index in [0.29, 0.717) is 0 Å². The van der Waals surface area contributed by atoms with Gasteiger partial charge < -0.3 is 15.7 Å². The lowest BCUT2D eigenvalue weighted by molar-refractivity contribution is -0.120. The van der Waals surface area contributed by atoms with E-state index in [1.165, 1.54) is 4.90 Å². The van der Waals surface area contributed by atoms with Crippen molar-refractivity contribution in [3.63, 3.8) is 0 Å². The summed E-state index contributed by atoms with van der Waals surface area (Å²) in [6.45, 7) is 7.99. The fourth-order valence-electron chi connectivity index (χ4n) is 1.88. The van der Waals surface area contributed by atoms with Gasteiger partial charge in [-0.05, 0) is 29.5 Å². The molecule has 4 heteroatoms. The van der Waals surface area contributed by atoms with Crippen molar-refractivity contribution in [1.29, 1.82) is 0 Å². The Kier molecular flexibility index (Phi) is 4.71. The fourth-order valence-corrected chi connectivity index (χ4v) is 1.88. The molecule has 0 saturated heterocycles. The van der Waals surface area contributed by atoms with Crippen molar-refractivity contribution >= 4 is 11.6 Å². The van der Waals surface area contributed by atoms with Crippen LogP contribution in [-0.2, 0) is 10.2 Å². The minimum absolute atomic E-state index is 0.0193. The molecule has 19 heavy (non-hydrogen) atoms. The van der Waals surface area contributed by atoms with Gasteiger partial charge in [-0.15, -0.1) is 0 Å². The SMILES string of the molecule is Cc1ccc(C(C)(C)C)cc1N(C)C(=O)C(N)CO. The van der Waals surface area contributed by atoms with E-state index in [0.717, 1.165) is 16.8 Å². The maximum atomic E-state index is 12.0. The first-order chi connectivity index (χ1) is 8.68. The topological polar surface area (TPSA) is 66.6 Å². The van der Waals surface area contributed by atoms with Crippen LogP contribution >= 0.6 is 0 Å². The van der Waals surface area contributed by atoms with Crippen molar-refractivity contribution in [2.24, 2.45) is 5.73 Å². The molecule has 0 aliphatic heterocycles. The zero-order chi connectivity index (χ0) is 14.8. The summed E-state index contributed by atoms with van der Waals surface area (Å²) in [5.74, 6) is -0.281. The summed E-state index contributed by atoms with van der Waals surface area (Å²) in [5.41, 5.74) is 8.61. The molecule has 1 aromatic rings. The van der Waals surface area contributed by atoms with Crippen LogP contribution in [0.4, 0.5) is 5.69 Å². The molecular weight excluding hydrogens is 240 g/mol. The number of benzene rings is 1. The van der Waals surface area contributed by atoms with Gasteiger partial charge in [0.25, 0.3) is 0 Å². The van der Waals surface area contributed by atoms with Crippen LogP contribution in [0.25, 0.3) is 0 Å². The van der Waals surface area contributed by atoms with Gasteiger partial charge in [-0.3, -0.25) is 4.79 Å². The predicted molar refractivity (Wildman–Crippen MR) is 78.4 cm³/mol. The van der Waals surface area contributed by atoms with Crippen LogP contribution in [0, 0.1) is 6.92 Å². The second-order valence-electron chi connectivity index (χ2n) is 5.94. The lowest BCUT2D eigenvalue weighted by Crippen LogP contribution is -2.44. The lowest BCUT2D eigenvalue weighted by atomic mass is 9.86. The molecule has 0 aromatic heterocycles. The van der Waals surface area contributed by atoms with Crippen LogP contribution in [0.15, 0.2) is 18.2 Å². The van der Waals surface area contributed by atoms with Gasteiger partial charge in [0.2, 0.25) is 5.91 Å². The Morgan fingerprint density at radius 3 is 2.47 bits per heavy atom. The molecule has 0 spiro atoms. The average Bonchev–Trinajstić information content (AvgIpc) is 2.35. The monoisotopic (exact) mass is 264 g/mol. The second kappa shape index (κ2) is 5.72. The van der Waals surface area contributed by atoms with Crippen LogP contribution < -0.4 is 10.6 Å². The van der Waals surface area contributed by atoms with E-state index in [9.17, 15) is 4.79 Å². The highest BCUT2D eigenvalue weighted by atomic mass is 16.3. The Labute approximate surface area is 115 Å². The number of likely N-dealkylation sites (N-methyl/N-ethyl adjacent to an activating group) is 1. The summed E-state index contributed by atoms with van der Waals surface area (Å²) in [5, 5.41) is 8.98. The van der Waals surface area contributed by atoms with Crippen LogP contribution in [-0.4, -0.2) is 30.7 Å². The van der Waals surface area contributed by atoms with Crippen molar-refractivity contribution in [3.8, 4) is 0 Å². The molecule has 4 nitrogen and oxygen atoms in total. The van der Waals surface area contributed by atoms with Gasteiger partial charge in [-0.2, -0.15) is 0 Å². The molecule has 1 atom stereocenters. The second-order valence-corrected chi connectivity index (χ2v) is 5.94. The van der Waals surface area contributed by atoms with Crippen molar-refractivity contribution in [2.45, 2.75) is 39.2 Å². The summed E-state index contributed by atoms with van der Waals surface area (Å²) in [7, 11) is 1.69. The van der Waals surface area contributed by atoms with Crippen LogP contribution in [0.3, 0.4) is 0 Å². The number of nitrogens with two attached hydrogens (primary N) is 1. The summed E-state index contributed by atoms with van der Waals surface area (Å²) < 4.78 is 0. The zero-order valence-corrected chi connectivity index (χ0v) is 12.4. The molecule has 0 aliphatic rings. The normalized spacial score (nSPS) is 13.2. The molecule has 0 fully saturated rings. The lowest BCUT2D eigenvalue weighted by Gasteiger charge is -2.26. The first-order valence-corrected chi connectivity index (χ1v) is 6.43. The minimum atomic E-state index is -0.873. The van der Waals surface area contributed by atoms with E-state index >= 15 is 0 Å². The van der Waals surface area contributed by atoms with E-state index in [2.05, 4.69) is 26.8 Å². The molecule has 0 radical (unpaired) electrons. The van der Waals surface area contributed by atoms with Gasteiger partial charge in [-0.1, -0.05) is 32.9 Å². The number of hydrogen-bond acceptors (Lipinski definition) is 3. The van der Waals surface area contributed by atoms with Crippen LogP contribution in [0.2, 0.25) is 0 Å². The molecule has 0 saturated carbocycles. The molecule has 0 bridgehead atoms. The van der Waals surface area contributed by atoms with Gasteiger partial charge >= 0.3 is 0 Å². The van der Waals surface area contributed by atoms with Gasteiger partial charge in [-0.25, -0.2) is 0 Å². The highest BCUT2D eigenvalue weighted by molar-refractivity contribution is 5.97. The molecule has 0 aliphatic carbocycles. The molecule has 1 unspecified atom stereocenters. The zero-order valence-electron chi connectivity index (χ0n) is 12.4. The van der Waals surface area contributed by atoms with E-state index < -0.39 is 6.04 Å². The number of aryl methyl sites for hydroxylation is 1.